The summed E-state index contributed by atoms with van der Waals surface area (Å²) in [7, 11) is 0. The third kappa shape index (κ3) is 1.15. The summed E-state index contributed by atoms with van der Waals surface area (Å²) in [6, 6.07) is 6.11. The van der Waals surface area contributed by atoms with Crippen LogP contribution in [0.5, 0.6) is 0 Å². The minimum atomic E-state index is -0.487. The number of nitrogens with one attached hydrogen (secondary N) is 2. The smallest absolute Gasteiger partial charge is 0.240 e. The van der Waals surface area contributed by atoms with Crippen molar-refractivity contribution in [3.63, 3.8) is 0 Å². The molecule has 2 N–H and O–H groups in total. The largest absolute Gasteiger partial charge is 0.325 e. The zero-order valence-corrected chi connectivity index (χ0v) is 9.21. The maximum absolute atomic E-state index is 12.1. The van der Waals surface area contributed by atoms with Crippen LogP contribution in [0.4, 0.5) is 5.69 Å². The van der Waals surface area contributed by atoms with Crippen molar-refractivity contribution in [3.05, 3.63) is 41.5 Å². The standard InChI is InChI=1S/C13H14N2O/c1-9-3-4-11-10(7-9)13(12(16)15-11)5-2-6-14-8-13/h2-5,7,14H,6,8H2,1H3,(H,15,16). The number of carbonyl (C=O) groups is 1. The molecule has 16 heavy (non-hydrogen) atoms. The first kappa shape index (κ1) is 9.60. The molecule has 1 aromatic rings. The summed E-state index contributed by atoms with van der Waals surface area (Å²) in [5, 5.41) is 6.22. The molecule has 2 aliphatic heterocycles. The van der Waals surface area contributed by atoms with E-state index in [1.165, 1.54) is 5.56 Å². The first-order valence-corrected chi connectivity index (χ1v) is 5.53. The molecular formula is C13H14N2O. The fourth-order valence-corrected chi connectivity index (χ4v) is 2.51. The van der Waals surface area contributed by atoms with E-state index in [-0.39, 0.29) is 5.91 Å². The Kier molecular flexibility index (Phi) is 1.91. The summed E-state index contributed by atoms with van der Waals surface area (Å²) in [6.07, 6.45) is 4.06. The molecule has 2 aliphatic rings. The summed E-state index contributed by atoms with van der Waals surface area (Å²) >= 11 is 0. The maximum Gasteiger partial charge on any atom is 0.240 e. The van der Waals surface area contributed by atoms with Gasteiger partial charge in [0.2, 0.25) is 5.91 Å². The molecule has 0 fully saturated rings. The van der Waals surface area contributed by atoms with Gasteiger partial charge < -0.3 is 10.6 Å². The van der Waals surface area contributed by atoms with Gasteiger partial charge in [-0.25, -0.2) is 0 Å². The lowest BCUT2D eigenvalue weighted by atomic mass is 9.79. The van der Waals surface area contributed by atoms with Crippen LogP contribution in [0.1, 0.15) is 11.1 Å². The van der Waals surface area contributed by atoms with Crippen LogP contribution in [0.15, 0.2) is 30.4 Å². The van der Waals surface area contributed by atoms with E-state index in [4.69, 9.17) is 0 Å². The van der Waals surface area contributed by atoms with Gasteiger partial charge in [-0.05, 0) is 18.6 Å². The molecule has 3 rings (SSSR count). The van der Waals surface area contributed by atoms with E-state index in [0.717, 1.165) is 17.8 Å². The van der Waals surface area contributed by atoms with Crippen molar-refractivity contribution in [3.8, 4) is 0 Å². The molecule has 1 aromatic carbocycles. The molecular weight excluding hydrogens is 200 g/mol. The first-order valence-electron chi connectivity index (χ1n) is 5.53. The zero-order chi connectivity index (χ0) is 11.2. The van der Waals surface area contributed by atoms with E-state index < -0.39 is 5.41 Å². The molecule has 1 amide bonds. The van der Waals surface area contributed by atoms with Crippen molar-refractivity contribution in [1.82, 2.24) is 5.32 Å². The predicted octanol–water partition coefficient (Wildman–Crippen LogP) is 1.34. The van der Waals surface area contributed by atoms with Crippen molar-refractivity contribution >= 4 is 11.6 Å². The van der Waals surface area contributed by atoms with E-state index in [9.17, 15) is 4.79 Å². The highest BCUT2D eigenvalue weighted by Gasteiger charge is 2.45. The molecule has 0 aliphatic carbocycles. The summed E-state index contributed by atoms with van der Waals surface area (Å²) < 4.78 is 0. The Morgan fingerprint density at radius 1 is 1.38 bits per heavy atom. The highest BCUT2D eigenvalue weighted by molar-refractivity contribution is 6.08. The number of hydrogen-bond donors (Lipinski definition) is 2. The van der Waals surface area contributed by atoms with Gasteiger partial charge >= 0.3 is 0 Å². The van der Waals surface area contributed by atoms with Crippen LogP contribution in [0.2, 0.25) is 0 Å². The van der Waals surface area contributed by atoms with Crippen molar-refractivity contribution in [1.29, 1.82) is 0 Å². The quantitative estimate of drug-likeness (QED) is 0.640. The number of amides is 1. The zero-order valence-electron chi connectivity index (χ0n) is 9.21. The average Bonchev–Trinajstić information content (AvgIpc) is 2.55. The number of carbonyl (C=O) groups excluding carboxylic acids is 1. The molecule has 82 valence electrons. The Morgan fingerprint density at radius 2 is 2.25 bits per heavy atom. The second-order valence-corrected chi connectivity index (χ2v) is 4.51. The van der Waals surface area contributed by atoms with Gasteiger partial charge in [0.25, 0.3) is 0 Å². The topological polar surface area (TPSA) is 41.1 Å². The number of hydrogen-bond acceptors (Lipinski definition) is 2. The van der Waals surface area contributed by atoms with Crippen molar-refractivity contribution in [2.45, 2.75) is 12.3 Å². The van der Waals surface area contributed by atoms with E-state index in [0.29, 0.717) is 6.54 Å². The number of rotatable bonds is 0. The highest BCUT2D eigenvalue weighted by Crippen LogP contribution is 2.39. The lowest BCUT2D eigenvalue weighted by molar-refractivity contribution is -0.119. The maximum atomic E-state index is 12.1. The van der Waals surface area contributed by atoms with Gasteiger partial charge in [-0.3, -0.25) is 4.79 Å². The number of aryl methyl sites for hydroxylation is 1. The Labute approximate surface area is 94.5 Å². The van der Waals surface area contributed by atoms with Gasteiger partial charge in [0.05, 0.1) is 0 Å². The van der Waals surface area contributed by atoms with E-state index in [2.05, 4.69) is 23.6 Å². The summed E-state index contributed by atoms with van der Waals surface area (Å²) in [5.74, 6) is 0.0801. The minimum absolute atomic E-state index is 0.0801. The Morgan fingerprint density at radius 3 is 3.00 bits per heavy atom. The Hall–Kier alpha value is -1.61. The predicted molar refractivity (Wildman–Crippen MR) is 63.5 cm³/mol. The molecule has 0 aromatic heterocycles. The van der Waals surface area contributed by atoms with Crippen LogP contribution in [-0.2, 0) is 10.2 Å². The lowest BCUT2D eigenvalue weighted by Crippen LogP contribution is -2.45. The fourth-order valence-electron chi connectivity index (χ4n) is 2.51. The summed E-state index contributed by atoms with van der Waals surface area (Å²) in [5.41, 5.74) is 2.75. The van der Waals surface area contributed by atoms with Crippen LogP contribution in [-0.4, -0.2) is 19.0 Å². The van der Waals surface area contributed by atoms with Gasteiger partial charge in [0.1, 0.15) is 5.41 Å². The minimum Gasteiger partial charge on any atom is -0.325 e. The van der Waals surface area contributed by atoms with Crippen LogP contribution in [0, 0.1) is 6.92 Å². The third-order valence-electron chi connectivity index (χ3n) is 3.38. The van der Waals surface area contributed by atoms with Crippen LogP contribution in [0.25, 0.3) is 0 Å². The SMILES string of the molecule is Cc1ccc2c(c1)C1(C=CCNC1)C(=O)N2. The number of fused-ring (bicyclic) bond motifs is 2. The van der Waals surface area contributed by atoms with E-state index in [1.807, 2.05) is 24.3 Å². The van der Waals surface area contributed by atoms with Gasteiger partial charge in [-0.1, -0.05) is 29.8 Å². The lowest BCUT2D eigenvalue weighted by Gasteiger charge is -2.27. The second kappa shape index (κ2) is 3.19. The molecule has 2 heterocycles. The molecule has 0 radical (unpaired) electrons. The second-order valence-electron chi connectivity index (χ2n) is 4.51. The molecule has 0 bridgehead atoms. The number of benzene rings is 1. The summed E-state index contributed by atoms with van der Waals surface area (Å²) in [4.78, 5) is 12.1. The highest BCUT2D eigenvalue weighted by atomic mass is 16.2. The normalized spacial score (nSPS) is 26.9. The van der Waals surface area contributed by atoms with Gasteiger partial charge in [-0.15, -0.1) is 0 Å². The molecule has 1 unspecified atom stereocenters. The Bertz CT molecular complexity index is 493. The van der Waals surface area contributed by atoms with Gasteiger partial charge in [-0.2, -0.15) is 0 Å². The van der Waals surface area contributed by atoms with E-state index >= 15 is 0 Å². The summed E-state index contributed by atoms with van der Waals surface area (Å²) in [6.45, 7) is 3.58. The molecule has 0 saturated heterocycles. The van der Waals surface area contributed by atoms with Gasteiger partial charge in [0.15, 0.2) is 0 Å². The van der Waals surface area contributed by atoms with Crippen molar-refractivity contribution in [2.24, 2.45) is 0 Å². The van der Waals surface area contributed by atoms with Gasteiger partial charge in [0, 0.05) is 18.8 Å². The van der Waals surface area contributed by atoms with Crippen molar-refractivity contribution < 1.29 is 4.79 Å². The molecule has 1 spiro atoms. The molecule has 0 saturated carbocycles. The third-order valence-corrected chi connectivity index (χ3v) is 3.38. The van der Waals surface area contributed by atoms with Crippen molar-refractivity contribution in [2.75, 3.05) is 18.4 Å². The monoisotopic (exact) mass is 214 g/mol. The first-order chi connectivity index (χ1) is 7.72. The van der Waals surface area contributed by atoms with Crippen LogP contribution >= 0.6 is 0 Å². The molecule has 3 heteroatoms. The molecule has 3 nitrogen and oxygen atoms in total. The average molecular weight is 214 g/mol. The van der Waals surface area contributed by atoms with Crippen LogP contribution in [0.3, 0.4) is 0 Å². The fraction of sp³-hybridized carbons (Fsp3) is 0.308. The number of anilines is 1. The van der Waals surface area contributed by atoms with E-state index in [1.54, 1.807) is 0 Å². The molecule has 1 atom stereocenters. The van der Waals surface area contributed by atoms with Crippen LogP contribution < -0.4 is 10.6 Å². The Balaban J connectivity index is 2.21.